The largest absolute Gasteiger partial charge is 0.379 e. The molecule has 1 rings (SSSR count). The minimum atomic E-state index is 0.0642. The van der Waals surface area contributed by atoms with Crippen molar-refractivity contribution in [2.45, 2.75) is 59.5 Å². The first kappa shape index (κ1) is 22.7. The van der Waals surface area contributed by atoms with Gasteiger partial charge in [0.15, 0.2) is 5.96 Å². The summed E-state index contributed by atoms with van der Waals surface area (Å²) in [6, 6.07) is 0.605. The summed E-state index contributed by atoms with van der Waals surface area (Å²) >= 11 is 0. The lowest BCUT2D eigenvalue weighted by atomic mass is 10.0. The van der Waals surface area contributed by atoms with Gasteiger partial charge in [0.05, 0.1) is 19.8 Å². The normalized spacial score (nSPS) is 17.4. The second-order valence-electron chi connectivity index (χ2n) is 7.55. The van der Waals surface area contributed by atoms with Crippen LogP contribution in [0, 0.1) is 5.92 Å². The zero-order chi connectivity index (χ0) is 19.4. The number of guanidine groups is 1. The van der Waals surface area contributed by atoms with Crippen molar-refractivity contribution in [3.05, 3.63) is 0 Å². The predicted molar refractivity (Wildman–Crippen MR) is 108 cm³/mol. The van der Waals surface area contributed by atoms with Crippen molar-refractivity contribution in [1.82, 2.24) is 20.9 Å². The quantitative estimate of drug-likeness (QED) is 0.398. The fraction of sp³-hybridized carbons (Fsp3) is 0.895. The summed E-state index contributed by atoms with van der Waals surface area (Å²) in [6.07, 6.45) is 1.57. The third-order valence-corrected chi connectivity index (χ3v) is 4.20. The number of ether oxygens (including phenoxy) is 1. The molecular weight excluding hydrogens is 330 g/mol. The molecule has 0 aromatic heterocycles. The highest BCUT2D eigenvalue weighted by Crippen LogP contribution is 2.14. The van der Waals surface area contributed by atoms with Crippen LogP contribution in [0.1, 0.15) is 47.5 Å². The van der Waals surface area contributed by atoms with Crippen LogP contribution in [0.25, 0.3) is 0 Å². The summed E-state index contributed by atoms with van der Waals surface area (Å²) in [6.45, 7) is 16.2. The summed E-state index contributed by atoms with van der Waals surface area (Å²) in [5.41, 5.74) is 0. The average Bonchev–Trinajstić information content (AvgIpc) is 2.58. The van der Waals surface area contributed by atoms with Crippen molar-refractivity contribution < 1.29 is 9.53 Å². The van der Waals surface area contributed by atoms with Gasteiger partial charge in [0.2, 0.25) is 5.91 Å². The molecular formula is C19H39N5O2. The Bertz CT molecular complexity index is 420. The fourth-order valence-electron chi connectivity index (χ4n) is 3.05. The topological polar surface area (TPSA) is 78.0 Å². The summed E-state index contributed by atoms with van der Waals surface area (Å²) < 4.78 is 5.48. The first-order valence-electron chi connectivity index (χ1n) is 10.1. The van der Waals surface area contributed by atoms with Gasteiger partial charge < -0.3 is 20.7 Å². The van der Waals surface area contributed by atoms with Gasteiger partial charge in [0.1, 0.15) is 0 Å². The highest BCUT2D eigenvalue weighted by molar-refractivity contribution is 5.81. The van der Waals surface area contributed by atoms with Crippen LogP contribution in [0.2, 0.25) is 0 Å². The smallest absolute Gasteiger partial charge is 0.221 e. The summed E-state index contributed by atoms with van der Waals surface area (Å²) in [5, 5.41) is 9.45. The Morgan fingerprint density at radius 2 is 1.85 bits per heavy atom. The van der Waals surface area contributed by atoms with Crippen molar-refractivity contribution in [3.63, 3.8) is 0 Å². The van der Waals surface area contributed by atoms with Crippen molar-refractivity contribution in [2.75, 3.05) is 45.9 Å². The first-order valence-corrected chi connectivity index (χ1v) is 10.1. The number of amides is 1. The van der Waals surface area contributed by atoms with E-state index < -0.39 is 0 Å². The van der Waals surface area contributed by atoms with Crippen LogP contribution in [-0.2, 0) is 9.53 Å². The standard InChI is InChI=1S/C19H39N5O2/c1-6-20-19(21-8-7-18(25)23-16(4)5)22-14-17(13-15(2)3)24-9-11-26-12-10-24/h15-17H,6-14H2,1-5H3,(H,23,25)(H2,20,21,22). The Hall–Kier alpha value is -1.34. The predicted octanol–water partition coefficient (Wildman–Crippen LogP) is 1.20. The lowest BCUT2D eigenvalue weighted by Gasteiger charge is -2.34. The van der Waals surface area contributed by atoms with Crippen LogP contribution in [0.3, 0.4) is 0 Å². The number of hydrogen-bond donors (Lipinski definition) is 3. The number of nitrogens with one attached hydrogen (secondary N) is 3. The van der Waals surface area contributed by atoms with Crippen molar-refractivity contribution >= 4 is 11.9 Å². The highest BCUT2D eigenvalue weighted by atomic mass is 16.5. The van der Waals surface area contributed by atoms with Crippen LogP contribution in [-0.4, -0.2) is 74.8 Å². The monoisotopic (exact) mass is 369 g/mol. The van der Waals surface area contributed by atoms with E-state index in [9.17, 15) is 4.79 Å². The molecule has 0 aromatic rings. The van der Waals surface area contributed by atoms with E-state index in [-0.39, 0.29) is 11.9 Å². The molecule has 1 atom stereocenters. The van der Waals surface area contributed by atoms with E-state index in [1.165, 1.54) is 0 Å². The van der Waals surface area contributed by atoms with Crippen molar-refractivity contribution in [3.8, 4) is 0 Å². The van der Waals surface area contributed by atoms with E-state index in [0.29, 0.717) is 24.9 Å². The molecule has 0 aliphatic carbocycles. The molecule has 0 radical (unpaired) electrons. The van der Waals surface area contributed by atoms with Gasteiger partial charge in [-0.25, -0.2) is 0 Å². The van der Waals surface area contributed by atoms with Gasteiger partial charge in [-0.3, -0.25) is 14.7 Å². The van der Waals surface area contributed by atoms with Gasteiger partial charge >= 0.3 is 0 Å². The molecule has 1 unspecified atom stereocenters. The number of rotatable bonds is 10. The number of carbonyl (C=O) groups is 1. The van der Waals surface area contributed by atoms with Crippen molar-refractivity contribution in [2.24, 2.45) is 10.9 Å². The molecule has 0 spiro atoms. The first-order chi connectivity index (χ1) is 12.4. The van der Waals surface area contributed by atoms with Crippen LogP contribution >= 0.6 is 0 Å². The van der Waals surface area contributed by atoms with Gasteiger partial charge in [-0.15, -0.1) is 0 Å². The molecule has 0 saturated carbocycles. The maximum absolute atomic E-state index is 11.8. The SMILES string of the molecule is CCNC(=NCC(CC(C)C)N1CCOCC1)NCCC(=O)NC(C)C. The molecule has 1 aliphatic rings. The average molecular weight is 370 g/mol. The van der Waals surface area contributed by atoms with Crippen LogP contribution < -0.4 is 16.0 Å². The summed E-state index contributed by atoms with van der Waals surface area (Å²) in [4.78, 5) is 19.0. The lowest BCUT2D eigenvalue weighted by Crippen LogP contribution is -2.46. The summed E-state index contributed by atoms with van der Waals surface area (Å²) in [5.74, 6) is 1.48. The molecule has 0 bridgehead atoms. The Morgan fingerprint density at radius 1 is 1.15 bits per heavy atom. The third kappa shape index (κ3) is 9.97. The van der Waals surface area contributed by atoms with Gasteiger partial charge in [-0.2, -0.15) is 0 Å². The summed E-state index contributed by atoms with van der Waals surface area (Å²) in [7, 11) is 0. The second kappa shape index (κ2) is 12.9. The van der Waals surface area contributed by atoms with Gasteiger partial charge in [0, 0.05) is 44.7 Å². The van der Waals surface area contributed by atoms with Crippen LogP contribution in [0.5, 0.6) is 0 Å². The van der Waals surface area contributed by atoms with Gasteiger partial charge in [-0.05, 0) is 33.1 Å². The van der Waals surface area contributed by atoms with Gasteiger partial charge in [-0.1, -0.05) is 13.8 Å². The highest BCUT2D eigenvalue weighted by Gasteiger charge is 2.21. The minimum absolute atomic E-state index is 0.0642. The molecule has 1 amide bonds. The maximum Gasteiger partial charge on any atom is 0.221 e. The Morgan fingerprint density at radius 3 is 2.42 bits per heavy atom. The van der Waals surface area contributed by atoms with E-state index >= 15 is 0 Å². The second-order valence-corrected chi connectivity index (χ2v) is 7.55. The van der Waals surface area contributed by atoms with E-state index in [1.807, 2.05) is 13.8 Å². The molecule has 7 heteroatoms. The molecule has 1 heterocycles. The number of morpholine rings is 1. The zero-order valence-corrected chi connectivity index (χ0v) is 17.3. The molecule has 1 fully saturated rings. The van der Waals surface area contributed by atoms with E-state index in [4.69, 9.17) is 9.73 Å². The van der Waals surface area contributed by atoms with E-state index in [0.717, 1.165) is 51.8 Å². The van der Waals surface area contributed by atoms with E-state index in [1.54, 1.807) is 0 Å². The molecule has 7 nitrogen and oxygen atoms in total. The number of carbonyl (C=O) groups excluding carboxylic acids is 1. The van der Waals surface area contributed by atoms with Gasteiger partial charge in [0.25, 0.3) is 0 Å². The van der Waals surface area contributed by atoms with Crippen LogP contribution in [0.15, 0.2) is 4.99 Å². The molecule has 0 aromatic carbocycles. The Labute approximate surface area is 159 Å². The third-order valence-electron chi connectivity index (χ3n) is 4.20. The number of aliphatic imine (C=N–C) groups is 1. The Balaban J connectivity index is 2.55. The maximum atomic E-state index is 11.8. The number of nitrogens with zero attached hydrogens (tertiary/aromatic N) is 2. The van der Waals surface area contributed by atoms with Crippen molar-refractivity contribution in [1.29, 1.82) is 0 Å². The molecule has 1 aliphatic heterocycles. The minimum Gasteiger partial charge on any atom is -0.379 e. The Kier molecular flexibility index (Phi) is 11.3. The zero-order valence-electron chi connectivity index (χ0n) is 17.3. The number of hydrogen-bond acceptors (Lipinski definition) is 4. The fourth-order valence-corrected chi connectivity index (χ4v) is 3.05. The molecule has 3 N–H and O–H groups in total. The lowest BCUT2D eigenvalue weighted by molar-refractivity contribution is -0.121. The van der Waals surface area contributed by atoms with Crippen LogP contribution in [0.4, 0.5) is 0 Å². The molecule has 152 valence electrons. The van der Waals surface area contributed by atoms with E-state index in [2.05, 4.69) is 41.6 Å². The molecule has 1 saturated heterocycles. The molecule has 26 heavy (non-hydrogen) atoms.